The molecule has 0 radical (unpaired) electrons. The van der Waals surface area contributed by atoms with Gasteiger partial charge in [-0.25, -0.2) is 9.97 Å². The van der Waals surface area contributed by atoms with Gasteiger partial charge in [-0.2, -0.15) is 13.2 Å². The highest BCUT2D eigenvalue weighted by atomic mass is 79.9. The fourth-order valence-electron chi connectivity index (χ4n) is 1.63. The molecule has 0 saturated carbocycles. The first-order valence-electron chi connectivity index (χ1n) is 5.97. The van der Waals surface area contributed by atoms with Gasteiger partial charge in [-0.15, -0.1) is 0 Å². The summed E-state index contributed by atoms with van der Waals surface area (Å²) in [7, 11) is 1.50. The van der Waals surface area contributed by atoms with E-state index in [0.717, 1.165) is 10.0 Å². The summed E-state index contributed by atoms with van der Waals surface area (Å²) >= 11 is 3.32. The van der Waals surface area contributed by atoms with E-state index in [9.17, 15) is 13.2 Å². The predicted molar refractivity (Wildman–Crippen MR) is 78.7 cm³/mol. The molecular formula is C13H12BrF3N4. The van der Waals surface area contributed by atoms with Gasteiger partial charge in [-0.3, -0.25) is 0 Å². The molecular weight excluding hydrogens is 349 g/mol. The van der Waals surface area contributed by atoms with Crippen LogP contribution in [0, 0.1) is 6.92 Å². The molecule has 8 heteroatoms. The van der Waals surface area contributed by atoms with E-state index in [-0.39, 0.29) is 11.6 Å². The molecule has 1 aromatic heterocycles. The Bertz CT molecular complexity index is 658. The first-order chi connectivity index (χ1) is 9.79. The first-order valence-corrected chi connectivity index (χ1v) is 6.76. The van der Waals surface area contributed by atoms with Crippen LogP contribution in [0.2, 0.25) is 0 Å². The lowest BCUT2D eigenvalue weighted by Crippen LogP contribution is -2.13. The average Bonchev–Trinajstić information content (AvgIpc) is 2.41. The van der Waals surface area contributed by atoms with E-state index in [1.807, 2.05) is 19.1 Å². The van der Waals surface area contributed by atoms with Crippen molar-refractivity contribution < 1.29 is 13.2 Å². The molecule has 21 heavy (non-hydrogen) atoms. The molecule has 1 heterocycles. The molecule has 2 rings (SSSR count). The second kappa shape index (κ2) is 5.88. The Balaban J connectivity index is 2.42. The van der Waals surface area contributed by atoms with Gasteiger partial charge >= 0.3 is 6.18 Å². The van der Waals surface area contributed by atoms with Gasteiger partial charge in [0.2, 0.25) is 5.82 Å². The zero-order chi connectivity index (χ0) is 15.6. The number of benzene rings is 1. The molecule has 0 bridgehead atoms. The minimum atomic E-state index is -4.60. The molecule has 0 spiro atoms. The second-order valence-corrected chi connectivity index (χ2v) is 5.21. The van der Waals surface area contributed by atoms with E-state index < -0.39 is 12.0 Å². The maximum absolute atomic E-state index is 12.8. The van der Waals surface area contributed by atoms with Crippen molar-refractivity contribution in [2.75, 3.05) is 17.7 Å². The standard InChI is InChI=1S/C13H12BrF3N4/c1-7-3-4-8(14)5-9(7)19-11-6-10(18-2)20-12(21-11)13(15,16)17/h3-6H,1-2H3,(H2,18,19,20,21). The Hall–Kier alpha value is -1.83. The zero-order valence-corrected chi connectivity index (χ0v) is 12.8. The van der Waals surface area contributed by atoms with E-state index in [1.54, 1.807) is 6.07 Å². The summed E-state index contributed by atoms with van der Waals surface area (Å²) < 4.78 is 39.1. The number of nitrogens with zero attached hydrogens (tertiary/aromatic N) is 2. The van der Waals surface area contributed by atoms with E-state index in [4.69, 9.17) is 0 Å². The molecule has 0 aliphatic carbocycles. The molecule has 0 fully saturated rings. The molecule has 0 saturated heterocycles. The monoisotopic (exact) mass is 360 g/mol. The van der Waals surface area contributed by atoms with Crippen molar-refractivity contribution in [1.82, 2.24) is 9.97 Å². The fourth-order valence-corrected chi connectivity index (χ4v) is 1.99. The van der Waals surface area contributed by atoms with Gasteiger partial charge < -0.3 is 10.6 Å². The normalized spacial score (nSPS) is 11.3. The number of hydrogen-bond acceptors (Lipinski definition) is 4. The number of alkyl halides is 3. The third kappa shape index (κ3) is 3.84. The number of hydrogen-bond donors (Lipinski definition) is 2. The lowest BCUT2D eigenvalue weighted by molar-refractivity contribution is -0.144. The quantitative estimate of drug-likeness (QED) is 0.854. The van der Waals surface area contributed by atoms with E-state index >= 15 is 0 Å². The molecule has 0 atom stereocenters. The molecule has 2 aromatic rings. The Morgan fingerprint density at radius 2 is 1.76 bits per heavy atom. The summed E-state index contributed by atoms with van der Waals surface area (Å²) in [6.45, 7) is 1.85. The van der Waals surface area contributed by atoms with Gasteiger partial charge in [0.25, 0.3) is 0 Å². The maximum atomic E-state index is 12.8. The summed E-state index contributed by atoms with van der Waals surface area (Å²) in [5, 5.41) is 5.47. The lowest BCUT2D eigenvalue weighted by atomic mass is 10.2. The molecule has 0 amide bonds. The summed E-state index contributed by atoms with van der Waals surface area (Å²) in [6, 6.07) is 6.87. The maximum Gasteiger partial charge on any atom is 0.451 e. The minimum absolute atomic E-state index is 0.0721. The highest BCUT2D eigenvalue weighted by Gasteiger charge is 2.35. The molecule has 2 N–H and O–H groups in total. The van der Waals surface area contributed by atoms with Crippen molar-refractivity contribution in [3.8, 4) is 0 Å². The predicted octanol–water partition coefficient (Wildman–Crippen LogP) is 4.35. The van der Waals surface area contributed by atoms with E-state index in [0.29, 0.717) is 5.69 Å². The summed E-state index contributed by atoms with van der Waals surface area (Å²) in [4.78, 5) is 6.92. The van der Waals surface area contributed by atoms with Crippen molar-refractivity contribution in [3.63, 3.8) is 0 Å². The SMILES string of the molecule is CNc1cc(Nc2cc(Br)ccc2C)nc(C(F)(F)F)n1. The third-order valence-corrected chi connectivity index (χ3v) is 3.19. The van der Waals surface area contributed by atoms with Gasteiger partial charge in [-0.05, 0) is 24.6 Å². The summed E-state index contributed by atoms with van der Waals surface area (Å²) in [5.74, 6) is -1.03. The van der Waals surface area contributed by atoms with Crippen LogP contribution in [0.4, 0.5) is 30.5 Å². The molecule has 1 aromatic carbocycles. The van der Waals surface area contributed by atoms with Crippen molar-refractivity contribution in [2.24, 2.45) is 0 Å². The Kier molecular flexibility index (Phi) is 4.36. The molecule has 0 aliphatic heterocycles. The van der Waals surface area contributed by atoms with Crippen LogP contribution >= 0.6 is 15.9 Å². The molecule has 0 aliphatic rings. The number of halogens is 4. The highest BCUT2D eigenvalue weighted by molar-refractivity contribution is 9.10. The number of aryl methyl sites for hydroxylation is 1. The fraction of sp³-hybridized carbons (Fsp3) is 0.231. The van der Waals surface area contributed by atoms with Crippen LogP contribution in [0.1, 0.15) is 11.4 Å². The van der Waals surface area contributed by atoms with Gasteiger partial charge in [0, 0.05) is 23.3 Å². The van der Waals surface area contributed by atoms with E-state index in [1.165, 1.54) is 13.1 Å². The first kappa shape index (κ1) is 15.6. The van der Waals surface area contributed by atoms with Crippen molar-refractivity contribution in [2.45, 2.75) is 13.1 Å². The smallest absolute Gasteiger partial charge is 0.373 e. The molecule has 112 valence electrons. The van der Waals surface area contributed by atoms with E-state index in [2.05, 4.69) is 36.5 Å². The number of nitrogens with one attached hydrogen (secondary N) is 2. The zero-order valence-electron chi connectivity index (χ0n) is 11.2. The average molecular weight is 361 g/mol. The van der Waals surface area contributed by atoms with Crippen molar-refractivity contribution >= 4 is 33.3 Å². The largest absolute Gasteiger partial charge is 0.451 e. The van der Waals surface area contributed by atoms with Crippen LogP contribution in [0.3, 0.4) is 0 Å². The van der Waals surface area contributed by atoms with Crippen molar-refractivity contribution in [1.29, 1.82) is 0 Å². The number of aromatic nitrogens is 2. The van der Waals surface area contributed by atoms with Crippen LogP contribution < -0.4 is 10.6 Å². The van der Waals surface area contributed by atoms with Crippen LogP contribution in [-0.4, -0.2) is 17.0 Å². The minimum Gasteiger partial charge on any atom is -0.373 e. The molecule has 0 unspecified atom stereocenters. The summed E-state index contributed by atoms with van der Waals surface area (Å²) in [5.41, 5.74) is 1.55. The Labute approximate surface area is 127 Å². The number of rotatable bonds is 3. The van der Waals surface area contributed by atoms with Crippen LogP contribution in [0.15, 0.2) is 28.7 Å². The number of anilines is 3. The van der Waals surface area contributed by atoms with Crippen LogP contribution in [-0.2, 0) is 6.18 Å². The lowest BCUT2D eigenvalue weighted by Gasteiger charge is -2.13. The van der Waals surface area contributed by atoms with Gasteiger partial charge in [0.1, 0.15) is 11.6 Å². The second-order valence-electron chi connectivity index (χ2n) is 4.29. The summed E-state index contributed by atoms with van der Waals surface area (Å²) in [6.07, 6.45) is -4.60. The third-order valence-electron chi connectivity index (χ3n) is 2.70. The van der Waals surface area contributed by atoms with Crippen LogP contribution in [0.25, 0.3) is 0 Å². The van der Waals surface area contributed by atoms with Crippen LogP contribution in [0.5, 0.6) is 0 Å². The Morgan fingerprint density at radius 1 is 1.10 bits per heavy atom. The van der Waals surface area contributed by atoms with Crippen molar-refractivity contribution in [3.05, 3.63) is 40.1 Å². The van der Waals surface area contributed by atoms with Gasteiger partial charge in [0.05, 0.1) is 0 Å². The van der Waals surface area contributed by atoms with Gasteiger partial charge in [0.15, 0.2) is 0 Å². The topological polar surface area (TPSA) is 49.8 Å². The Morgan fingerprint density at radius 3 is 2.38 bits per heavy atom. The molecule has 4 nitrogen and oxygen atoms in total. The van der Waals surface area contributed by atoms with Gasteiger partial charge in [-0.1, -0.05) is 22.0 Å². The highest BCUT2D eigenvalue weighted by Crippen LogP contribution is 2.30.